The number of carbonyl (C=O) groups excluding carboxylic acids is 6. The third-order valence-corrected chi connectivity index (χ3v) is 24.4. The van der Waals surface area contributed by atoms with E-state index in [2.05, 4.69) is 0 Å². The molecule has 0 saturated heterocycles. The number of anilines is 7. The van der Waals surface area contributed by atoms with Crippen LogP contribution in [-0.4, -0.2) is 74.1 Å². The molecule has 6 aliphatic rings. The number of aromatic hydroxyl groups is 2. The smallest absolute Gasteiger partial charge is 0.198 e. The normalized spacial score (nSPS) is 13.1. The van der Waals surface area contributed by atoms with Crippen molar-refractivity contribution in [2.75, 3.05) is 40.1 Å². The molecule has 0 atom stereocenters. The molecule has 564 valence electrons. The first-order chi connectivity index (χ1) is 54.1. The van der Waals surface area contributed by atoms with Gasteiger partial charge in [0.15, 0.2) is 34.7 Å². The molecule has 0 unspecified atom stereocenters. The van der Waals surface area contributed by atoms with Gasteiger partial charge in [0.25, 0.3) is 0 Å². The molecule has 12 aromatic carbocycles. The summed E-state index contributed by atoms with van der Waals surface area (Å²) < 4.78 is 0. The van der Waals surface area contributed by atoms with Gasteiger partial charge in [0, 0.05) is 140 Å². The molecule has 0 saturated carbocycles. The van der Waals surface area contributed by atoms with Crippen LogP contribution in [-0.2, 0) is 0 Å². The second-order valence-electron chi connectivity index (χ2n) is 27.5. The highest BCUT2D eigenvalue weighted by Crippen LogP contribution is 2.45. The maximum atomic E-state index is 12.6. The summed E-state index contributed by atoms with van der Waals surface area (Å²) in [5, 5.41) is 21.5. The summed E-state index contributed by atoms with van der Waals surface area (Å²) in [4.78, 5) is 78.6. The molecule has 15 nitrogen and oxygen atoms in total. The largest absolute Gasteiger partial charge is 0.507 e. The molecule has 114 heavy (non-hydrogen) atoms. The first-order valence-corrected chi connectivity index (χ1v) is 38.5. The Hall–Kier alpha value is -11.7. The third-order valence-electron chi connectivity index (χ3n) is 20.4. The Bertz CT molecular complexity index is 5510. The second-order valence-corrected chi connectivity index (χ2v) is 31.0. The van der Waals surface area contributed by atoms with Crippen molar-refractivity contribution in [3.05, 3.63) is 364 Å². The Morgan fingerprint density at radius 2 is 0.412 bits per heavy atom. The SMILES string of the molecule is Cc1cc(N)c2c(c1Cl)C(=O)c1ccccc1C2=S.Cc1cc(N)c2c(c1Cl)C(=S)c1ccccc1C2=O.Cc1cc(N)c2c(c1N)C(=O)c1ccccc1C2=S.Cc1cc(N)c2c(c1N)C(=S)c1ccccc1C2=O.Cc1cc(O)c2c(c1Cl)C(=S)c1ccccc1C2=O.Cc1cc(O)c2c(c1N)C(=S)c1ccccc1C2=O. The van der Waals surface area contributed by atoms with Crippen LogP contribution >= 0.6 is 108 Å². The number of hydrogen-bond acceptors (Lipinski definition) is 21. The molecule has 0 bridgehead atoms. The van der Waals surface area contributed by atoms with Gasteiger partial charge in [0.2, 0.25) is 0 Å². The molecule has 16 N–H and O–H groups in total. The van der Waals surface area contributed by atoms with E-state index in [-0.39, 0.29) is 57.3 Å². The number of nitrogens with two attached hydrogens (primary N) is 7. The van der Waals surface area contributed by atoms with Gasteiger partial charge in [0.1, 0.15) is 11.5 Å². The molecule has 24 heteroatoms. The lowest BCUT2D eigenvalue weighted by atomic mass is 9.82. The van der Waals surface area contributed by atoms with E-state index in [1.807, 2.05) is 113 Å². The number of ketones is 6. The Balaban J connectivity index is 0.000000119. The van der Waals surface area contributed by atoms with Crippen molar-refractivity contribution in [1.82, 2.24) is 0 Å². The zero-order chi connectivity index (χ0) is 82.4. The van der Waals surface area contributed by atoms with Crippen LogP contribution in [0, 0.1) is 41.5 Å². The first-order valence-electron chi connectivity index (χ1n) is 34.9. The maximum absolute atomic E-state index is 12.6. The third kappa shape index (κ3) is 13.5. The Morgan fingerprint density at radius 1 is 0.228 bits per heavy atom. The van der Waals surface area contributed by atoms with E-state index in [4.69, 9.17) is 148 Å². The van der Waals surface area contributed by atoms with Gasteiger partial charge in [0.05, 0.1) is 77.6 Å². The summed E-state index contributed by atoms with van der Waals surface area (Å²) in [7, 11) is 0. The van der Waals surface area contributed by atoms with Crippen molar-refractivity contribution in [1.29, 1.82) is 0 Å². The van der Waals surface area contributed by atoms with Crippen molar-refractivity contribution >= 4 is 212 Å². The topological polar surface area (TPSA) is 325 Å². The summed E-state index contributed by atoms with van der Waals surface area (Å²) >= 11 is 51.6. The summed E-state index contributed by atoms with van der Waals surface area (Å²) in [6, 6.07) is 53.3. The number of hydrogen-bond donors (Lipinski definition) is 9. The molecule has 6 aliphatic carbocycles. The average Bonchev–Trinajstić information content (AvgIpc) is 0.778. The number of nitrogen functional groups attached to an aromatic ring is 7. The standard InChI is InChI=1S/2C15H10ClNOS.C15H9ClO2S.2C15H12N2OS.C15H11NO2S/c1-7-6-10(17)11-12(13(7)16)14(18)8-4-2-3-5-9(8)15(11)19;2*1-7-6-10(17)11-12(13(7)16)15(19)9-5-3-2-4-8(9)14(11)18;1-7-6-10(16)11-12(13(7)17)14(18)8-4-2-3-5-9(8)15(11)19;1-7-6-10(16)11-12(13(7)17)15(19)9-5-3-2-4-8(9)14(11)18;1-7-6-10(17)11-12(13(7)16)15(19)9-5-3-2-4-8(9)14(11)18/h2*2-6H,17H2,1H3;2-6,17H,1H3;2*2-6H,16-17H2,1H3;2-6,17H,16H2,1H3. The van der Waals surface area contributed by atoms with Crippen LogP contribution in [0.2, 0.25) is 15.1 Å². The quantitative estimate of drug-likeness (QED) is 0.0387. The van der Waals surface area contributed by atoms with Gasteiger partial charge in [-0.3, -0.25) is 28.8 Å². The van der Waals surface area contributed by atoms with E-state index in [1.54, 1.807) is 98.8 Å². The van der Waals surface area contributed by atoms with Crippen molar-refractivity contribution in [2.45, 2.75) is 41.5 Å². The van der Waals surface area contributed by atoms with E-state index in [9.17, 15) is 39.0 Å². The van der Waals surface area contributed by atoms with Crippen LogP contribution in [0.4, 0.5) is 39.8 Å². The Morgan fingerprint density at radius 3 is 0.754 bits per heavy atom. The van der Waals surface area contributed by atoms with Crippen molar-refractivity contribution in [2.24, 2.45) is 0 Å². The number of benzene rings is 12. The Labute approximate surface area is 702 Å². The fourth-order valence-corrected chi connectivity index (χ4v) is 17.8. The molecule has 0 heterocycles. The molecule has 0 spiro atoms. The molecule has 0 aromatic heterocycles. The van der Waals surface area contributed by atoms with Gasteiger partial charge in [-0.25, -0.2) is 0 Å². The molecule has 0 radical (unpaired) electrons. The number of thiocarbonyl (C=S) groups is 6. The molecule has 0 fully saturated rings. The van der Waals surface area contributed by atoms with Crippen LogP contribution in [0.3, 0.4) is 0 Å². The molecule has 12 aromatic rings. The first kappa shape index (κ1) is 80.3. The molecule has 0 aliphatic heterocycles. The van der Waals surface area contributed by atoms with Gasteiger partial charge in [-0.15, -0.1) is 0 Å². The number of phenolic OH excluding ortho intramolecular Hbond substituents is 2. The zero-order valence-corrected chi connectivity index (χ0v) is 68.5. The fraction of sp³-hybridized carbons (Fsp3) is 0.0667. The summed E-state index contributed by atoms with van der Waals surface area (Å²) in [5.74, 6) is -1.04. The highest BCUT2D eigenvalue weighted by atomic mass is 35.5. The number of phenols is 2. The lowest BCUT2D eigenvalue weighted by molar-refractivity contribution is 0.102. The van der Waals surface area contributed by atoms with Gasteiger partial charge in [-0.05, 0) is 111 Å². The van der Waals surface area contributed by atoms with Gasteiger partial charge < -0.3 is 50.3 Å². The summed E-state index contributed by atoms with van der Waals surface area (Å²) in [6.45, 7) is 10.9. The van der Waals surface area contributed by atoms with Crippen molar-refractivity contribution in [3.63, 3.8) is 0 Å². The number of halogens is 3. The van der Waals surface area contributed by atoms with E-state index in [1.165, 1.54) is 12.1 Å². The number of fused-ring (bicyclic) bond motifs is 12. The summed E-state index contributed by atoms with van der Waals surface area (Å²) in [5.41, 5.74) is 63.5. The van der Waals surface area contributed by atoms with Crippen LogP contribution < -0.4 is 40.1 Å². The van der Waals surface area contributed by atoms with E-state index in [0.29, 0.717) is 195 Å². The fourth-order valence-electron chi connectivity index (χ4n) is 14.6. The van der Waals surface area contributed by atoms with Gasteiger partial charge >= 0.3 is 0 Å². The highest BCUT2D eigenvalue weighted by Gasteiger charge is 2.38. The van der Waals surface area contributed by atoms with Crippen molar-refractivity contribution < 1.29 is 39.0 Å². The molecular formula is C90H64Cl3N7O8S6. The monoisotopic (exact) mass is 1670 g/mol. The lowest BCUT2D eigenvalue weighted by Gasteiger charge is -2.23. The minimum absolute atomic E-state index is 0.0662. The predicted molar refractivity (Wildman–Crippen MR) is 480 cm³/mol. The van der Waals surface area contributed by atoms with E-state index in [0.717, 1.165) is 44.5 Å². The summed E-state index contributed by atoms with van der Waals surface area (Å²) in [6.07, 6.45) is 0. The van der Waals surface area contributed by atoms with Gasteiger partial charge in [-0.1, -0.05) is 254 Å². The van der Waals surface area contributed by atoms with Crippen LogP contribution in [0.25, 0.3) is 0 Å². The van der Waals surface area contributed by atoms with Crippen LogP contribution in [0.15, 0.2) is 182 Å². The molecular weight excluding hydrogens is 1610 g/mol. The maximum Gasteiger partial charge on any atom is 0.198 e. The Kier molecular flexibility index (Phi) is 22.1. The number of aryl methyl sites for hydroxylation is 6. The van der Waals surface area contributed by atoms with Crippen LogP contribution in [0.1, 0.15) is 196 Å². The van der Waals surface area contributed by atoms with Crippen LogP contribution in [0.5, 0.6) is 11.5 Å². The molecule has 18 rings (SSSR count). The minimum Gasteiger partial charge on any atom is -0.507 e. The number of rotatable bonds is 0. The minimum atomic E-state index is -0.237. The number of carbonyl (C=O) groups is 6. The molecule has 0 amide bonds. The second kappa shape index (κ2) is 31.3. The highest BCUT2D eigenvalue weighted by molar-refractivity contribution is 7.82. The average molecular weight is 1670 g/mol. The van der Waals surface area contributed by atoms with Gasteiger partial charge in [-0.2, -0.15) is 0 Å². The lowest BCUT2D eigenvalue weighted by Crippen LogP contribution is -2.23. The predicted octanol–water partition coefficient (Wildman–Crippen LogP) is 18.3. The van der Waals surface area contributed by atoms with Crippen molar-refractivity contribution in [3.8, 4) is 11.5 Å². The van der Waals surface area contributed by atoms with E-state index >= 15 is 0 Å². The van der Waals surface area contributed by atoms with E-state index < -0.39 is 0 Å². The zero-order valence-electron chi connectivity index (χ0n) is 61.3.